The van der Waals surface area contributed by atoms with Gasteiger partial charge in [-0.05, 0) is 48.1 Å². The van der Waals surface area contributed by atoms with Gasteiger partial charge < -0.3 is 10.6 Å². The molecule has 0 aliphatic carbocycles. The summed E-state index contributed by atoms with van der Waals surface area (Å²) in [6.45, 7) is 6.14. The molecular weight excluding hydrogens is 387 g/mol. The lowest BCUT2D eigenvalue weighted by molar-refractivity contribution is 0.726. The molecule has 0 unspecified atom stereocenters. The van der Waals surface area contributed by atoms with Crippen LogP contribution in [0.25, 0.3) is 10.9 Å². The number of benzene rings is 1. The van der Waals surface area contributed by atoms with Crippen molar-refractivity contribution in [2.75, 3.05) is 23.7 Å². The number of nitrogen functional groups attached to an aromatic ring is 1. The van der Waals surface area contributed by atoms with E-state index in [4.69, 9.17) is 17.3 Å². The summed E-state index contributed by atoms with van der Waals surface area (Å²) < 4.78 is 0.993. The zero-order valence-electron chi connectivity index (χ0n) is 11.7. The highest BCUT2D eigenvalue weighted by Gasteiger charge is 2.14. The second-order valence-corrected chi connectivity index (χ2v) is 6.22. The third-order valence-electron chi connectivity index (χ3n) is 3.18. The van der Waals surface area contributed by atoms with Crippen LogP contribution in [0, 0.1) is 3.57 Å². The Morgan fingerprint density at radius 2 is 2.05 bits per heavy atom. The van der Waals surface area contributed by atoms with Crippen LogP contribution in [-0.2, 0) is 0 Å². The largest absolute Gasteiger partial charge is 0.368 e. The lowest BCUT2D eigenvalue weighted by atomic mass is 10.2. The van der Waals surface area contributed by atoms with Gasteiger partial charge in [-0.3, -0.25) is 0 Å². The quantitative estimate of drug-likeness (QED) is 0.763. The van der Waals surface area contributed by atoms with Crippen LogP contribution in [0.2, 0.25) is 5.02 Å². The summed E-state index contributed by atoms with van der Waals surface area (Å²) in [4.78, 5) is 11.0. The normalized spacial score (nSPS) is 11.0. The minimum absolute atomic E-state index is 0.308. The molecule has 6 heteroatoms. The number of aromatic nitrogens is 2. The Bertz CT molecular complexity index is 618. The first kappa shape index (κ1) is 15.6. The van der Waals surface area contributed by atoms with E-state index in [1.165, 1.54) is 0 Å². The standard InChI is InChI=1S/C14H18ClIN4/c1-3-5-6-20(4-2)13-10-7-9(15)8-11(16)12(10)18-14(17)19-13/h7-8H,3-6H2,1-2H3,(H2,17,18,19). The van der Waals surface area contributed by atoms with Crippen molar-refractivity contribution in [1.82, 2.24) is 9.97 Å². The minimum Gasteiger partial charge on any atom is -0.368 e. The summed E-state index contributed by atoms with van der Waals surface area (Å²) in [5.41, 5.74) is 6.74. The molecule has 2 N–H and O–H groups in total. The van der Waals surface area contributed by atoms with Gasteiger partial charge in [0, 0.05) is 27.1 Å². The summed E-state index contributed by atoms with van der Waals surface area (Å²) in [5, 5.41) is 1.66. The maximum absolute atomic E-state index is 6.18. The van der Waals surface area contributed by atoms with E-state index in [1.54, 1.807) is 0 Å². The smallest absolute Gasteiger partial charge is 0.222 e. The molecule has 1 heterocycles. The highest BCUT2D eigenvalue weighted by Crippen LogP contribution is 2.31. The van der Waals surface area contributed by atoms with E-state index in [0.717, 1.165) is 46.2 Å². The van der Waals surface area contributed by atoms with Crippen molar-refractivity contribution < 1.29 is 0 Å². The van der Waals surface area contributed by atoms with Crippen molar-refractivity contribution in [3.05, 3.63) is 20.7 Å². The van der Waals surface area contributed by atoms with Crippen LogP contribution in [0.5, 0.6) is 0 Å². The van der Waals surface area contributed by atoms with E-state index < -0.39 is 0 Å². The van der Waals surface area contributed by atoms with Gasteiger partial charge in [-0.2, -0.15) is 4.98 Å². The van der Waals surface area contributed by atoms with E-state index >= 15 is 0 Å². The number of hydrogen-bond acceptors (Lipinski definition) is 4. The summed E-state index contributed by atoms with van der Waals surface area (Å²) in [6.07, 6.45) is 2.27. The Kier molecular flexibility index (Phi) is 5.26. The zero-order chi connectivity index (χ0) is 14.7. The van der Waals surface area contributed by atoms with E-state index in [2.05, 4.69) is 51.3 Å². The van der Waals surface area contributed by atoms with Crippen molar-refractivity contribution in [2.45, 2.75) is 26.7 Å². The van der Waals surface area contributed by atoms with Crippen molar-refractivity contribution in [3.8, 4) is 0 Å². The maximum Gasteiger partial charge on any atom is 0.222 e. The molecule has 0 fully saturated rings. The summed E-state index contributed by atoms with van der Waals surface area (Å²) >= 11 is 8.41. The third kappa shape index (κ3) is 3.25. The van der Waals surface area contributed by atoms with Crippen LogP contribution in [0.3, 0.4) is 0 Å². The number of rotatable bonds is 5. The van der Waals surface area contributed by atoms with Crippen LogP contribution in [0.1, 0.15) is 26.7 Å². The average Bonchev–Trinajstić information content (AvgIpc) is 2.40. The number of nitrogens with zero attached hydrogens (tertiary/aromatic N) is 3. The molecule has 0 spiro atoms. The fraction of sp³-hybridized carbons (Fsp3) is 0.429. The van der Waals surface area contributed by atoms with E-state index in [1.807, 2.05) is 12.1 Å². The highest BCUT2D eigenvalue weighted by atomic mass is 127. The van der Waals surface area contributed by atoms with Crippen LogP contribution in [0.4, 0.5) is 11.8 Å². The summed E-state index contributed by atoms with van der Waals surface area (Å²) in [7, 11) is 0. The monoisotopic (exact) mass is 404 g/mol. The molecule has 0 aliphatic rings. The SMILES string of the molecule is CCCCN(CC)c1nc(N)nc2c(I)cc(Cl)cc12. The van der Waals surface area contributed by atoms with E-state index in [0.29, 0.717) is 11.0 Å². The molecule has 1 aromatic heterocycles. The van der Waals surface area contributed by atoms with E-state index in [9.17, 15) is 0 Å². The van der Waals surface area contributed by atoms with Gasteiger partial charge in [-0.25, -0.2) is 4.98 Å². The van der Waals surface area contributed by atoms with Crippen LogP contribution in [0.15, 0.2) is 12.1 Å². The first-order chi connectivity index (χ1) is 9.56. The van der Waals surface area contributed by atoms with Gasteiger partial charge in [-0.15, -0.1) is 0 Å². The first-order valence-electron chi connectivity index (χ1n) is 6.74. The minimum atomic E-state index is 0.308. The summed E-state index contributed by atoms with van der Waals surface area (Å²) in [5.74, 6) is 1.19. The van der Waals surface area contributed by atoms with Gasteiger partial charge in [0.15, 0.2) is 0 Å². The molecular formula is C14H18ClIN4. The lowest BCUT2D eigenvalue weighted by Crippen LogP contribution is -2.25. The van der Waals surface area contributed by atoms with Gasteiger partial charge in [0.05, 0.1) is 5.52 Å². The number of hydrogen-bond donors (Lipinski definition) is 1. The fourth-order valence-corrected chi connectivity index (χ4v) is 3.31. The zero-order valence-corrected chi connectivity index (χ0v) is 14.6. The van der Waals surface area contributed by atoms with E-state index in [-0.39, 0.29) is 0 Å². The van der Waals surface area contributed by atoms with Crippen molar-refractivity contribution in [1.29, 1.82) is 0 Å². The van der Waals surface area contributed by atoms with Crippen molar-refractivity contribution >= 4 is 56.9 Å². The highest BCUT2D eigenvalue weighted by molar-refractivity contribution is 14.1. The van der Waals surface area contributed by atoms with Crippen molar-refractivity contribution in [2.24, 2.45) is 0 Å². The van der Waals surface area contributed by atoms with Gasteiger partial charge in [0.2, 0.25) is 5.95 Å². The first-order valence-corrected chi connectivity index (χ1v) is 8.19. The predicted molar refractivity (Wildman–Crippen MR) is 94.5 cm³/mol. The second kappa shape index (κ2) is 6.76. The molecule has 4 nitrogen and oxygen atoms in total. The molecule has 0 saturated heterocycles. The van der Waals surface area contributed by atoms with Gasteiger partial charge in [0.25, 0.3) is 0 Å². The molecule has 0 bridgehead atoms. The molecule has 1 aromatic carbocycles. The Balaban J connectivity index is 2.61. The van der Waals surface area contributed by atoms with Gasteiger partial charge in [0.1, 0.15) is 5.82 Å². The van der Waals surface area contributed by atoms with Gasteiger partial charge >= 0.3 is 0 Å². The van der Waals surface area contributed by atoms with Crippen LogP contribution >= 0.6 is 34.2 Å². The predicted octanol–water partition coefficient (Wildman–Crippen LogP) is 4.10. The molecule has 2 aromatic rings. The van der Waals surface area contributed by atoms with Crippen LogP contribution in [-0.4, -0.2) is 23.1 Å². The maximum atomic E-state index is 6.18. The molecule has 2 rings (SSSR count). The Morgan fingerprint density at radius 1 is 1.30 bits per heavy atom. The fourth-order valence-electron chi connectivity index (χ4n) is 2.16. The molecule has 108 valence electrons. The third-order valence-corrected chi connectivity index (χ3v) is 4.22. The Morgan fingerprint density at radius 3 is 2.70 bits per heavy atom. The Labute approximate surface area is 137 Å². The number of unbranched alkanes of at least 4 members (excludes halogenated alkanes) is 1. The molecule has 0 amide bonds. The number of fused-ring (bicyclic) bond motifs is 1. The second-order valence-electron chi connectivity index (χ2n) is 4.62. The van der Waals surface area contributed by atoms with Gasteiger partial charge in [-0.1, -0.05) is 24.9 Å². The Hall–Kier alpha value is -0.820. The molecule has 0 aliphatic heterocycles. The molecule has 0 saturated carbocycles. The number of nitrogens with two attached hydrogens (primary N) is 1. The average molecular weight is 405 g/mol. The molecule has 0 atom stereocenters. The molecule has 20 heavy (non-hydrogen) atoms. The number of anilines is 2. The van der Waals surface area contributed by atoms with Crippen LogP contribution < -0.4 is 10.6 Å². The topological polar surface area (TPSA) is 55.0 Å². The molecule has 0 radical (unpaired) electrons. The summed E-state index contributed by atoms with van der Waals surface area (Å²) in [6, 6.07) is 3.81. The lowest BCUT2D eigenvalue weighted by Gasteiger charge is -2.23. The van der Waals surface area contributed by atoms with Crippen molar-refractivity contribution in [3.63, 3.8) is 0 Å². The number of halogens is 2.